The van der Waals surface area contributed by atoms with Crippen molar-refractivity contribution in [1.29, 1.82) is 0 Å². The molecule has 1 N–H and O–H groups in total. The molecule has 0 saturated carbocycles. The van der Waals surface area contributed by atoms with Gasteiger partial charge in [-0.1, -0.05) is 96.5 Å². The largest absolute Gasteiger partial charge is 0.342 e. The van der Waals surface area contributed by atoms with Gasteiger partial charge in [-0.25, -0.2) is 0 Å². The van der Waals surface area contributed by atoms with Crippen LogP contribution in [-0.2, 0) is 22.4 Å². The number of carbonyl (C=O) groups is 2. The summed E-state index contributed by atoms with van der Waals surface area (Å²) in [5.74, 6) is -0.466. The highest BCUT2D eigenvalue weighted by Crippen LogP contribution is 2.21. The maximum absolute atomic E-state index is 13.5. The van der Waals surface area contributed by atoms with Crippen molar-refractivity contribution in [3.63, 3.8) is 0 Å². The Balaban J connectivity index is 1.32. The maximum Gasteiger partial charge on any atom is 0.244 e. The van der Waals surface area contributed by atoms with Crippen molar-refractivity contribution < 1.29 is 9.59 Å². The summed E-state index contributed by atoms with van der Waals surface area (Å²) in [6, 6.07) is 32.2. The Labute approximate surface area is 237 Å². The summed E-state index contributed by atoms with van der Waals surface area (Å²) in [6.07, 6.45) is 5.06. The van der Waals surface area contributed by atoms with Crippen LogP contribution < -0.4 is 5.32 Å². The minimum atomic E-state index is -0.702. The van der Waals surface area contributed by atoms with Crippen LogP contribution in [0.25, 0.3) is 22.9 Å². The Morgan fingerprint density at radius 1 is 0.850 bits per heavy atom. The van der Waals surface area contributed by atoms with Gasteiger partial charge in [0.15, 0.2) is 5.78 Å². The van der Waals surface area contributed by atoms with E-state index in [1.807, 2.05) is 84.9 Å². The molecule has 40 heavy (non-hydrogen) atoms. The molecule has 5 rings (SSSR count). The third kappa shape index (κ3) is 6.95. The Morgan fingerprint density at radius 2 is 1.55 bits per heavy atom. The van der Waals surface area contributed by atoms with Crippen molar-refractivity contribution in [2.45, 2.75) is 18.9 Å². The van der Waals surface area contributed by atoms with E-state index in [4.69, 9.17) is 11.6 Å². The smallest absolute Gasteiger partial charge is 0.244 e. The molecule has 1 atom stereocenters. The average Bonchev–Trinajstić information content (AvgIpc) is 3.52. The fraction of sp³-hybridized carbons (Fsp3) is 0.0938. The normalized spacial score (nSPS) is 11.8. The highest BCUT2D eigenvalue weighted by Gasteiger charge is 2.21. The molecule has 0 bridgehead atoms. The van der Waals surface area contributed by atoms with Gasteiger partial charge in [-0.05, 0) is 63.4 Å². The van der Waals surface area contributed by atoms with Crippen LogP contribution in [-0.4, -0.2) is 37.9 Å². The molecule has 0 unspecified atom stereocenters. The summed E-state index contributed by atoms with van der Waals surface area (Å²) in [6.45, 7) is 0. The van der Waals surface area contributed by atoms with Gasteiger partial charge in [-0.3, -0.25) is 9.59 Å². The summed E-state index contributed by atoms with van der Waals surface area (Å²) >= 11 is 6.19. The zero-order valence-electron chi connectivity index (χ0n) is 21.5. The number of tetrazole rings is 1. The molecule has 0 saturated heterocycles. The number of nitrogens with zero attached hydrogens (tertiary/aromatic N) is 4. The van der Waals surface area contributed by atoms with E-state index < -0.39 is 11.9 Å². The van der Waals surface area contributed by atoms with Gasteiger partial charge in [0, 0.05) is 23.1 Å². The van der Waals surface area contributed by atoms with Crippen molar-refractivity contribution in [3.8, 4) is 16.8 Å². The topological polar surface area (TPSA) is 89.8 Å². The van der Waals surface area contributed by atoms with Gasteiger partial charge in [0.2, 0.25) is 5.91 Å². The SMILES string of the molecule is O=C(/C=C/c1cc(Cl)ccc1-n1cnnn1)N[C@@H](Cc1ccccc1)C(=O)Cc1ccc(-c2ccccc2)cc1. The number of Topliss-reactive ketones (excluding diaryl/α,β-unsaturated/α-hetero) is 1. The van der Waals surface area contributed by atoms with E-state index in [0.29, 0.717) is 22.7 Å². The lowest BCUT2D eigenvalue weighted by atomic mass is 9.96. The van der Waals surface area contributed by atoms with Crippen LogP contribution in [0.4, 0.5) is 0 Å². The van der Waals surface area contributed by atoms with Gasteiger partial charge in [0.25, 0.3) is 0 Å². The lowest BCUT2D eigenvalue weighted by Gasteiger charge is -2.17. The molecular formula is C32H26ClN5O2. The van der Waals surface area contributed by atoms with E-state index in [1.165, 1.54) is 17.1 Å². The minimum absolute atomic E-state index is 0.0739. The van der Waals surface area contributed by atoms with Gasteiger partial charge < -0.3 is 5.32 Å². The van der Waals surface area contributed by atoms with E-state index in [0.717, 1.165) is 22.3 Å². The third-order valence-electron chi connectivity index (χ3n) is 6.43. The number of aromatic nitrogens is 4. The van der Waals surface area contributed by atoms with Crippen LogP contribution in [0.5, 0.6) is 0 Å². The lowest BCUT2D eigenvalue weighted by molar-refractivity contribution is -0.125. The molecule has 7 nitrogen and oxygen atoms in total. The van der Waals surface area contributed by atoms with Crippen LogP contribution >= 0.6 is 11.6 Å². The molecule has 4 aromatic carbocycles. The number of hydrogen-bond acceptors (Lipinski definition) is 5. The lowest BCUT2D eigenvalue weighted by Crippen LogP contribution is -2.42. The Kier molecular flexibility index (Phi) is 8.53. The molecule has 8 heteroatoms. The predicted molar refractivity (Wildman–Crippen MR) is 156 cm³/mol. The van der Waals surface area contributed by atoms with E-state index in [2.05, 4.69) is 20.8 Å². The number of carbonyl (C=O) groups excluding carboxylic acids is 2. The zero-order chi connectivity index (χ0) is 27.7. The maximum atomic E-state index is 13.5. The van der Waals surface area contributed by atoms with Gasteiger partial charge in [-0.15, -0.1) is 5.10 Å². The molecule has 0 aliphatic rings. The first kappa shape index (κ1) is 26.7. The molecule has 0 aliphatic heterocycles. The summed E-state index contributed by atoms with van der Waals surface area (Å²) in [5, 5.41) is 14.7. The Bertz CT molecular complexity index is 1600. The van der Waals surface area contributed by atoms with Gasteiger partial charge in [-0.2, -0.15) is 4.68 Å². The Hall–Kier alpha value is -4.88. The monoisotopic (exact) mass is 547 g/mol. The molecule has 0 spiro atoms. The predicted octanol–water partition coefficient (Wildman–Crippen LogP) is 5.54. The Morgan fingerprint density at radius 3 is 2.25 bits per heavy atom. The summed E-state index contributed by atoms with van der Waals surface area (Å²) in [4.78, 5) is 26.5. The number of nitrogens with one attached hydrogen (secondary N) is 1. The van der Waals surface area contributed by atoms with Crippen molar-refractivity contribution in [1.82, 2.24) is 25.5 Å². The van der Waals surface area contributed by atoms with Crippen molar-refractivity contribution in [2.24, 2.45) is 0 Å². The van der Waals surface area contributed by atoms with E-state index in [9.17, 15) is 9.59 Å². The average molecular weight is 548 g/mol. The number of rotatable bonds is 10. The van der Waals surface area contributed by atoms with Crippen LogP contribution in [0.3, 0.4) is 0 Å². The molecular weight excluding hydrogens is 522 g/mol. The quantitative estimate of drug-likeness (QED) is 0.232. The molecule has 1 amide bonds. The first-order valence-corrected chi connectivity index (χ1v) is 13.2. The van der Waals surface area contributed by atoms with Crippen molar-refractivity contribution >= 4 is 29.4 Å². The molecule has 1 aromatic heterocycles. The number of benzene rings is 4. The number of halogens is 1. The van der Waals surface area contributed by atoms with Gasteiger partial charge >= 0.3 is 0 Å². The number of ketones is 1. The van der Waals surface area contributed by atoms with Crippen LogP contribution in [0, 0.1) is 0 Å². The van der Waals surface area contributed by atoms with Crippen molar-refractivity contribution in [2.75, 3.05) is 0 Å². The molecule has 1 heterocycles. The minimum Gasteiger partial charge on any atom is -0.342 e. The fourth-order valence-electron chi connectivity index (χ4n) is 4.39. The highest BCUT2D eigenvalue weighted by atomic mass is 35.5. The second-order valence-corrected chi connectivity index (χ2v) is 9.68. The molecule has 0 fully saturated rings. The number of amides is 1. The van der Waals surface area contributed by atoms with E-state index in [-0.39, 0.29) is 12.2 Å². The van der Waals surface area contributed by atoms with Gasteiger partial charge in [0.1, 0.15) is 6.33 Å². The fourth-order valence-corrected chi connectivity index (χ4v) is 4.57. The summed E-state index contributed by atoms with van der Waals surface area (Å²) < 4.78 is 1.48. The van der Waals surface area contributed by atoms with Gasteiger partial charge in [0.05, 0.1) is 11.7 Å². The summed E-state index contributed by atoms with van der Waals surface area (Å²) in [7, 11) is 0. The molecule has 0 radical (unpaired) electrons. The first-order chi connectivity index (χ1) is 19.5. The van der Waals surface area contributed by atoms with Crippen LogP contribution in [0.1, 0.15) is 16.7 Å². The third-order valence-corrected chi connectivity index (χ3v) is 6.66. The summed E-state index contributed by atoms with van der Waals surface area (Å²) in [5.41, 5.74) is 5.36. The number of hydrogen-bond donors (Lipinski definition) is 1. The standard InChI is InChI=1S/C32H26ClN5O2/c33-28-16-17-30(38-22-34-36-37-38)27(21-28)15-18-32(40)35-29(19-23-7-3-1-4-8-23)31(39)20-24-11-13-26(14-12-24)25-9-5-2-6-10-25/h1-18,21-22,29H,19-20H2,(H,35,40)/b18-15+/t29-/m0/s1. The highest BCUT2D eigenvalue weighted by molar-refractivity contribution is 6.30. The second kappa shape index (κ2) is 12.8. The van der Waals surface area contributed by atoms with Crippen molar-refractivity contribution in [3.05, 3.63) is 137 Å². The first-order valence-electron chi connectivity index (χ1n) is 12.8. The van der Waals surface area contributed by atoms with Crippen LogP contribution in [0.2, 0.25) is 5.02 Å². The second-order valence-electron chi connectivity index (χ2n) is 9.25. The molecule has 198 valence electrons. The zero-order valence-corrected chi connectivity index (χ0v) is 22.3. The van der Waals surface area contributed by atoms with E-state index in [1.54, 1.807) is 24.3 Å². The molecule has 0 aliphatic carbocycles. The van der Waals surface area contributed by atoms with Crippen LogP contribution in [0.15, 0.2) is 116 Å². The van der Waals surface area contributed by atoms with E-state index >= 15 is 0 Å². The molecule has 5 aromatic rings.